The average molecular weight is 442 g/mol. The standard InChI is InChI=1S/C20H24N6O3.CH2O2/c27-18(9-14-3-4-23-24-14)26-15-1-2-16(26)11-20(10-15)13-25(7-8-29-20)19(28)17-12-21-5-6-22-17;2-1-3/h3-6,12,15-16H,1-2,7-11,13H2,(H,23,24);1H,(H,2,3)/t15-,16+,20?;. The zero-order chi connectivity index (χ0) is 22.6. The highest BCUT2D eigenvalue weighted by molar-refractivity contribution is 5.92. The maximum absolute atomic E-state index is 12.9. The number of H-pyrrole nitrogens is 1. The Bertz CT molecular complexity index is 923. The van der Waals surface area contributed by atoms with Crippen molar-refractivity contribution in [2.45, 2.75) is 49.8 Å². The molecule has 2 aromatic heterocycles. The molecule has 170 valence electrons. The van der Waals surface area contributed by atoms with Crippen molar-refractivity contribution in [2.75, 3.05) is 19.7 Å². The van der Waals surface area contributed by atoms with Crippen molar-refractivity contribution in [3.8, 4) is 0 Å². The molecule has 1 spiro atoms. The molecular weight excluding hydrogens is 416 g/mol. The number of aromatic amines is 1. The number of carbonyl (C=O) groups excluding carboxylic acids is 2. The van der Waals surface area contributed by atoms with Crippen molar-refractivity contribution in [3.63, 3.8) is 0 Å². The van der Waals surface area contributed by atoms with Crippen molar-refractivity contribution in [3.05, 3.63) is 42.2 Å². The molecule has 3 aliphatic rings. The molecule has 2 amide bonds. The predicted octanol–water partition coefficient (Wildman–Crippen LogP) is 0.508. The maximum Gasteiger partial charge on any atom is 0.290 e. The van der Waals surface area contributed by atoms with Crippen LogP contribution >= 0.6 is 0 Å². The van der Waals surface area contributed by atoms with E-state index in [1.807, 2.05) is 11.0 Å². The third-order valence-corrected chi connectivity index (χ3v) is 6.34. The molecule has 5 rings (SSSR count). The van der Waals surface area contributed by atoms with Gasteiger partial charge in [-0.3, -0.25) is 24.5 Å². The monoisotopic (exact) mass is 442 g/mol. The molecule has 0 saturated carbocycles. The van der Waals surface area contributed by atoms with Crippen LogP contribution in [-0.2, 0) is 20.7 Å². The lowest BCUT2D eigenvalue weighted by atomic mass is 9.84. The van der Waals surface area contributed by atoms with Crippen molar-refractivity contribution in [1.82, 2.24) is 30.0 Å². The van der Waals surface area contributed by atoms with E-state index in [-0.39, 0.29) is 36.0 Å². The van der Waals surface area contributed by atoms with Crippen LogP contribution in [0.5, 0.6) is 0 Å². The van der Waals surface area contributed by atoms with E-state index in [0.717, 1.165) is 31.4 Å². The second-order valence-electron chi connectivity index (χ2n) is 8.31. The number of carbonyl (C=O) groups is 3. The largest absolute Gasteiger partial charge is 0.483 e. The summed E-state index contributed by atoms with van der Waals surface area (Å²) < 4.78 is 6.25. The number of piperidine rings is 1. The second-order valence-corrected chi connectivity index (χ2v) is 8.31. The highest BCUT2D eigenvalue weighted by Crippen LogP contribution is 2.44. The van der Waals surface area contributed by atoms with E-state index in [1.54, 1.807) is 12.4 Å². The van der Waals surface area contributed by atoms with E-state index in [4.69, 9.17) is 14.6 Å². The highest BCUT2D eigenvalue weighted by atomic mass is 16.5. The Labute approximate surface area is 184 Å². The fourth-order valence-electron chi connectivity index (χ4n) is 5.19. The maximum atomic E-state index is 12.9. The van der Waals surface area contributed by atoms with Gasteiger partial charge in [0.25, 0.3) is 12.4 Å². The van der Waals surface area contributed by atoms with Gasteiger partial charge < -0.3 is 19.6 Å². The van der Waals surface area contributed by atoms with Crippen LogP contribution in [0.25, 0.3) is 0 Å². The molecule has 0 aromatic carbocycles. The van der Waals surface area contributed by atoms with Gasteiger partial charge in [0, 0.05) is 42.9 Å². The van der Waals surface area contributed by atoms with E-state index < -0.39 is 0 Å². The number of hydrogen-bond acceptors (Lipinski definition) is 7. The highest BCUT2D eigenvalue weighted by Gasteiger charge is 2.52. The molecule has 3 saturated heterocycles. The number of ether oxygens (including phenoxy) is 1. The Morgan fingerprint density at radius 1 is 1.25 bits per heavy atom. The molecule has 2 N–H and O–H groups in total. The first kappa shape index (κ1) is 21.9. The van der Waals surface area contributed by atoms with Gasteiger partial charge in [-0.25, -0.2) is 4.98 Å². The van der Waals surface area contributed by atoms with Gasteiger partial charge in [0.2, 0.25) is 5.91 Å². The van der Waals surface area contributed by atoms with Gasteiger partial charge in [-0.1, -0.05) is 0 Å². The number of morpholine rings is 1. The summed E-state index contributed by atoms with van der Waals surface area (Å²) in [7, 11) is 0. The molecule has 0 radical (unpaired) electrons. The van der Waals surface area contributed by atoms with Crippen LogP contribution in [0.2, 0.25) is 0 Å². The summed E-state index contributed by atoms with van der Waals surface area (Å²) in [5, 5.41) is 13.7. The predicted molar refractivity (Wildman–Crippen MR) is 110 cm³/mol. The van der Waals surface area contributed by atoms with Gasteiger partial charge in [0.1, 0.15) is 5.69 Å². The van der Waals surface area contributed by atoms with Crippen molar-refractivity contribution < 1.29 is 24.2 Å². The molecule has 11 heteroatoms. The van der Waals surface area contributed by atoms with Gasteiger partial charge in [0.05, 0.1) is 31.4 Å². The molecule has 2 aromatic rings. The summed E-state index contributed by atoms with van der Waals surface area (Å²) in [5.74, 6) is 0.0331. The minimum atomic E-state index is -0.382. The number of hydrogen-bond donors (Lipinski definition) is 2. The molecule has 11 nitrogen and oxygen atoms in total. The number of aromatic nitrogens is 4. The van der Waals surface area contributed by atoms with Crippen LogP contribution < -0.4 is 0 Å². The third-order valence-electron chi connectivity index (χ3n) is 6.34. The fourth-order valence-corrected chi connectivity index (χ4v) is 5.19. The lowest BCUT2D eigenvalue weighted by molar-refractivity contribution is -0.157. The van der Waals surface area contributed by atoms with Gasteiger partial charge in [-0.05, 0) is 31.7 Å². The van der Waals surface area contributed by atoms with Crippen molar-refractivity contribution in [1.29, 1.82) is 0 Å². The van der Waals surface area contributed by atoms with Gasteiger partial charge in [-0.2, -0.15) is 5.10 Å². The van der Waals surface area contributed by atoms with Gasteiger partial charge in [0.15, 0.2) is 0 Å². The normalized spacial score (nSPS) is 26.4. The second kappa shape index (κ2) is 9.43. The molecule has 0 aliphatic carbocycles. The lowest BCUT2D eigenvalue weighted by Crippen LogP contribution is -2.61. The van der Waals surface area contributed by atoms with Crippen LogP contribution in [0.3, 0.4) is 0 Å². The van der Waals surface area contributed by atoms with E-state index in [0.29, 0.717) is 31.8 Å². The summed E-state index contributed by atoms with van der Waals surface area (Å²) in [6.07, 6.45) is 10.1. The van der Waals surface area contributed by atoms with E-state index in [1.165, 1.54) is 12.4 Å². The molecule has 2 bridgehead atoms. The van der Waals surface area contributed by atoms with Crippen LogP contribution in [0.1, 0.15) is 41.9 Å². The average Bonchev–Trinajstić information content (AvgIpc) is 3.41. The summed E-state index contributed by atoms with van der Waals surface area (Å²) >= 11 is 0. The van der Waals surface area contributed by atoms with Crippen LogP contribution in [0.4, 0.5) is 0 Å². The zero-order valence-electron chi connectivity index (χ0n) is 17.6. The van der Waals surface area contributed by atoms with Crippen LogP contribution in [0.15, 0.2) is 30.9 Å². The zero-order valence-corrected chi connectivity index (χ0v) is 17.6. The number of nitrogens with zero attached hydrogens (tertiary/aromatic N) is 5. The molecule has 3 fully saturated rings. The summed E-state index contributed by atoms with van der Waals surface area (Å²) in [4.78, 5) is 46.2. The van der Waals surface area contributed by atoms with Crippen molar-refractivity contribution in [2.24, 2.45) is 0 Å². The third kappa shape index (κ3) is 4.47. The Morgan fingerprint density at radius 2 is 2.00 bits per heavy atom. The fraction of sp³-hybridized carbons (Fsp3) is 0.524. The quantitative estimate of drug-likeness (QED) is 0.655. The van der Waals surface area contributed by atoms with E-state index in [9.17, 15) is 9.59 Å². The number of rotatable bonds is 3. The minimum Gasteiger partial charge on any atom is -0.483 e. The van der Waals surface area contributed by atoms with E-state index in [2.05, 4.69) is 25.1 Å². The van der Waals surface area contributed by atoms with Gasteiger partial charge in [-0.15, -0.1) is 0 Å². The Morgan fingerprint density at radius 3 is 2.62 bits per heavy atom. The summed E-state index contributed by atoms with van der Waals surface area (Å²) in [5.41, 5.74) is 0.816. The molecule has 1 unspecified atom stereocenters. The minimum absolute atomic E-state index is 0.106. The smallest absolute Gasteiger partial charge is 0.290 e. The first-order valence-corrected chi connectivity index (χ1v) is 10.6. The number of fused-ring (bicyclic) bond motifs is 2. The Balaban J connectivity index is 0.000000775. The molecule has 5 heterocycles. The Hall–Kier alpha value is -3.34. The number of carboxylic acid groups (broad SMARTS) is 1. The molecular formula is C21H26N6O5. The lowest BCUT2D eigenvalue weighted by Gasteiger charge is -2.50. The molecule has 32 heavy (non-hydrogen) atoms. The summed E-state index contributed by atoms with van der Waals surface area (Å²) in [6.45, 7) is 1.35. The van der Waals surface area contributed by atoms with Crippen LogP contribution in [0, 0.1) is 0 Å². The SMILES string of the molecule is O=C(c1cnccn1)N1CCOC2(C[C@H]3CC[C@@H](C2)N3C(=O)Cc2ccn[nH]2)C1.O=CO. The Kier molecular flexibility index (Phi) is 6.45. The molecule has 3 aliphatic heterocycles. The summed E-state index contributed by atoms with van der Waals surface area (Å²) in [6, 6.07) is 2.16. The van der Waals surface area contributed by atoms with Crippen molar-refractivity contribution >= 4 is 18.3 Å². The topological polar surface area (TPSA) is 142 Å². The van der Waals surface area contributed by atoms with E-state index >= 15 is 0 Å². The molecule has 3 atom stereocenters. The first-order chi connectivity index (χ1) is 15.5. The van der Waals surface area contributed by atoms with Crippen LogP contribution in [-0.4, -0.2) is 90.7 Å². The number of nitrogens with one attached hydrogen (secondary N) is 1. The number of amides is 2. The van der Waals surface area contributed by atoms with Gasteiger partial charge >= 0.3 is 0 Å². The first-order valence-electron chi connectivity index (χ1n) is 10.6.